The van der Waals surface area contributed by atoms with Crippen LogP contribution >= 0.6 is 0 Å². The zero-order chi connectivity index (χ0) is 19.0. The lowest BCUT2D eigenvalue weighted by molar-refractivity contribution is -0.135. The summed E-state index contributed by atoms with van der Waals surface area (Å²) in [5.41, 5.74) is 0.685. The molecule has 6 heteroatoms. The van der Waals surface area contributed by atoms with Gasteiger partial charge in [0.05, 0.1) is 0 Å². The summed E-state index contributed by atoms with van der Waals surface area (Å²) in [6.45, 7) is 11.4. The van der Waals surface area contributed by atoms with Gasteiger partial charge in [-0.1, -0.05) is 45.0 Å². The molecular formula is C19H27N3O3. The fourth-order valence-electron chi connectivity index (χ4n) is 2.85. The Morgan fingerprint density at radius 1 is 1.20 bits per heavy atom. The molecular weight excluding hydrogens is 318 g/mol. The predicted molar refractivity (Wildman–Crippen MR) is 96.0 cm³/mol. The van der Waals surface area contributed by atoms with Crippen LogP contribution in [0.5, 0.6) is 0 Å². The van der Waals surface area contributed by atoms with Crippen molar-refractivity contribution in [3.05, 3.63) is 35.4 Å². The van der Waals surface area contributed by atoms with Crippen molar-refractivity contribution in [1.82, 2.24) is 15.5 Å². The molecule has 2 N–H and O–H groups in total. The number of carbonyl (C=O) groups excluding carboxylic acids is 3. The highest BCUT2D eigenvalue weighted by molar-refractivity contribution is 6.09. The Bertz CT molecular complexity index is 689. The lowest BCUT2D eigenvalue weighted by Gasteiger charge is -2.24. The first-order valence-corrected chi connectivity index (χ1v) is 8.49. The zero-order valence-corrected chi connectivity index (χ0v) is 15.8. The summed E-state index contributed by atoms with van der Waals surface area (Å²) < 4.78 is 0. The first-order valence-electron chi connectivity index (χ1n) is 8.49. The van der Waals surface area contributed by atoms with E-state index in [0.29, 0.717) is 5.56 Å². The van der Waals surface area contributed by atoms with E-state index >= 15 is 0 Å². The molecule has 1 atom stereocenters. The van der Waals surface area contributed by atoms with Crippen LogP contribution in [0.1, 0.15) is 52.7 Å². The predicted octanol–water partition coefficient (Wildman–Crippen LogP) is 2.28. The van der Waals surface area contributed by atoms with E-state index in [0.717, 1.165) is 10.5 Å². The monoisotopic (exact) mass is 345 g/mol. The smallest absolute Gasteiger partial charge is 0.325 e. The van der Waals surface area contributed by atoms with Crippen molar-refractivity contribution in [3.8, 4) is 0 Å². The molecule has 1 fully saturated rings. The quantitative estimate of drug-likeness (QED) is 0.822. The van der Waals surface area contributed by atoms with E-state index in [1.54, 1.807) is 6.92 Å². The van der Waals surface area contributed by atoms with E-state index in [4.69, 9.17) is 0 Å². The zero-order valence-electron chi connectivity index (χ0n) is 15.8. The summed E-state index contributed by atoms with van der Waals surface area (Å²) in [5, 5.41) is 5.41. The van der Waals surface area contributed by atoms with Crippen molar-refractivity contribution in [3.63, 3.8) is 0 Å². The molecule has 1 heterocycles. The highest BCUT2D eigenvalue weighted by atomic mass is 16.2. The van der Waals surface area contributed by atoms with E-state index < -0.39 is 17.5 Å². The van der Waals surface area contributed by atoms with Gasteiger partial charge in [-0.05, 0) is 37.3 Å². The summed E-state index contributed by atoms with van der Waals surface area (Å²) in [6, 6.07) is 7.05. The second kappa shape index (κ2) is 6.50. The van der Waals surface area contributed by atoms with Gasteiger partial charge < -0.3 is 10.6 Å². The molecule has 6 nitrogen and oxygen atoms in total. The van der Waals surface area contributed by atoms with Crippen LogP contribution in [0, 0.1) is 0 Å². The molecule has 0 bridgehead atoms. The van der Waals surface area contributed by atoms with Crippen molar-refractivity contribution in [2.45, 2.75) is 58.5 Å². The maximum atomic E-state index is 12.8. The summed E-state index contributed by atoms with van der Waals surface area (Å²) in [7, 11) is 0. The molecule has 1 aliphatic heterocycles. The van der Waals surface area contributed by atoms with Gasteiger partial charge in [0, 0.05) is 6.04 Å². The standard InChI is InChI=1S/C19H27N3O3/c1-12(2)20-15(23)11-22-16(24)19(6,21-17(22)25)14-9-7-13(8-10-14)18(3,4)5/h7-10,12H,11H2,1-6H3,(H,20,23)(H,21,25)/t19-/m0/s1. The van der Waals surface area contributed by atoms with Gasteiger partial charge in [0.1, 0.15) is 12.1 Å². The third-order valence-corrected chi connectivity index (χ3v) is 4.35. The highest BCUT2D eigenvalue weighted by Crippen LogP contribution is 2.31. The number of urea groups is 1. The van der Waals surface area contributed by atoms with Crippen LogP contribution < -0.4 is 10.6 Å². The van der Waals surface area contributed by atoms with E-state index in [-0.39, 0.29) is 23.9 Å². The Hall–Kier alpha value is -2.37. The fourth-order valence-corrected chi connectivity index (χ4v) is 2.85. The summed E-state index contributed by atoms with van der Waals surface area (Å²) in [4.78, 5) is 37.9. The minimum absolute atomic E-state index is 0.00331. The Balaban J connectivity index is 2.23. The maximum Gasteiger partial charge on any atom is 0.325 e. The molecule has 1 aromatic carbocycles. The average molecular weight is 345 g/mol. The minimum Gasteiger partial charge on any atom is -0.352 e. The van der Waals surface area contributed by atoms with Crippen LogP contribution in [-0.2, 0) is 20.5 Å². The van der Waals surface area contributed by atoms with E-state index in [9.17, 15) is 14.4 Å². The number of nitrogens with one attached hydrogen (secondary N) is 2. The van der Waals surface area contributed by atoms with Crippen LogP contribution in [0.25, 0.3) is 0 Å². The molecule has 0 saturated carbocycles. The lowest BCUT2D eigenvalue weighted by Crippen LogP contribution is -2.44. The molecule has 0 aromatic heterocycles. The van der Waals surface area contributed by atoms with Gasteiger partial charge in [-0.3, -0.25) is 14.5 Å². The molecule has 4 amide bonds. The minimum atomic E-state index is -1.16. The summed E-state index contributed by atoms with van der Waals surface area (Å²) >= 11 is 0. The third-order valence-electron chi connectivity index (χ3n) is 4.35. The molecule has 1 aromatic rings. The fraction of sp³-hybridized carbons (Fsp3) is 0.526. The molecule has 0 unspecified atom stereocenters. The van der Waals surface area contributed by atoms with Crippen molar-refractivity contribution < 1.29 is 14.4 Å². The van der Waals surface area contributed by atoms with Crippen LogP contribution in [0.15, 0.2) is 24.3 Å². The normalized spacial score (nSPS) is 20.8. The molecule has 2 rings (SSSR count). The largest absolute Gasteiger partial charge is 0.352 e. The second-order valence-electron chi connectivity index (χ2n) is 8.00. The Labute approximate surface area is 149 Å². The number of nitrogens with zero attached hydrogens (tertiary/aromatic N) is 1. The molecule has 1 saturated heterocycles. The number of rotatable bonds is 4. The van der Waals surface area contributed by atoms with Gasteiger partial charge in [0.15, 0.2) is 0 Å². The van der Waals surface area contributed by atoms with Gasteiger partial charge in [0.25, 0.3) is 5.91 Å². The number of imide groups is 1. The van der Waals surface area contributed by atoms with E-state index in [1.165, 1.54) is 0 Å². The summed E-state index contributed by atoms with van der Waals surface area (Å²) in [6.07, 6.45) is 0. The molecule has 136 valence electrons. The van der Waals surface area contributed by atoms with Gasteiger partial charge in [-0.25, -0.2) is 4.79 Å². The molecule has 1 aliphatic rings. The number of hydrogen-bond donors (Lipinski definition) is 2. The Morgan fingerprint density at radius 3 is 2.24 bits per heavy atom. The van der Waals surface area contributed by atoms with E-state index in [1.807, 2.05) is 38.1 Å². The SMILES string of the molecule is CC(C)NC(=O)CN1C(=O)N[C@@](C)(c2ccc(C(C)(C)C)cc2)C1=O. The van der Waals surface area contributed by atoms with Crippen LogP contribution in [0.3, 0.4) is 0 Å². The average Bonchev–Trinajstić information content (AvgIpc) is 2.70. The molecule has 0 radical (unpaired) electrons. The van der Waals surface area contributed by atoms with Gasteiger partial charge in [-0.2, -0.15) is 0 Å². The van der Waals surface area contributed by atoms with Gasteiger partial charge in [0.2, 0.25) is 5.91 Å². The Morgan fingerprint density at radius 2 is 1.76 bits per heavy atom. The number of carbonyl (C=O) groups is 3. The third kappa shape index (κ3) is 3.83. The first-order chi connectivity index (χ1) is 11.4. The van der Waals surface area contributed by atoms with Gasteiger partial charge >= 0.3 is 6.03 Å². The van der Waals surface area contributed by atoms with Crippen LogP contribution in [0.2, 0.25) is 0 Å². The topological polar surface area (TPSA) is 78.5 Å². The maximum absolute atomic E-state index is 12.8. The second-order valence-corrected chi connectivity index (χ2v) is 8.00. The molecule has 25 heavy (non-hydrogen) atoms. The van der Waals surface area contributed by atoms with Gasteiger partial charge in [-0.15, -0.1) is 0 Å². The lowest BCUT2D eigenvalue weighted by atomic mass is 9.84. The Kier molecular flexibility index (Phi) is 4.93. The van der Waals surface area contributed by atoms with Crippen molar-refractivity contribution in [2.24, 2.45) is 0 Å². The number of benzene rings is 1. The number of hydrogen-bond acceptors (Lipinski definition) is 3. The summed E-state index contributed by atoms with van der Waals surface area (Å²) in [5.74, 6) is -0.772. The van der Waals surface area contributed by atoms with Crippen molar-refractivity contribution in [1.29, 1.82) is 0 Å². The number of amides is 4. The highest BCUT2D eigenvalue weighted by Gasteiger charge is 2.49. The van der Waals surface area contributed by atoms with Crippen molar-refractivity contribution in [2.75, 3.05) is 6.54 Å². The molecule has 0 aliphatic carbocycles. The van der Waals surface area contributed by atoms with E-state index in [2.05, 4.69) is 31.4 Å². The first kappa shape index (κ1) is 19.0. The van der Waals surface area contributed by atoms with Crippen LogP contribution in [0.4, 0.5) is 4.79 Å². The van der Waals surface area contributed by atoms with Crippen LogP contribution in [-0.4, -0.2) is 35.3 Å². The molecule has 0 spiro atoms. The van der Waals surface area contributed by atoms with Crippen molar-refractivity contribution >= 4 is 17.8 Å².